The Morgan fingerprint density at radius 2 is 1.96 bits per heavy atom. The second kappa shape index (κ2) is 8.10. The highest BCUT2D eigenvalue weighted by molar-refractivity contribution is 9.10. The Balaban J connectivity index is 1.39. The molecule has 1 amide bonds. The standard InChI is InChI=1S/C20H26BrN5O/c1-14(20(27)24-16-4-2-3-5-16)25-8-10-26(11-9-25)18-6-7-22-17-12-15(21)13-23-19(17)18/h6-7,12-14,16H,2-5,8-11H2,1H3,(H,24,27). The molecule has 1 atom stereocenters. The van der Waals surface area contributed by atoms with E-state index in [4.69, 9.17) is 0 Å². The molecule has 0 radical (unpaired) electrons. The van der Waals surface area contributed by atoms with Crippen molar-refractivity contribution in [3.63, 3.8) is 0 Å². The van der Waals surface area contributed by atoms with E-state index in [1.165, 1.54) is 12.8 Å². The van der Waals surface area contributed by atoms with Crippen LogP contribution in [-0.4, -0.2) is 59.0 Å². The van der Waals surface area contributed by atoms with E-state index in [0.717, 1.165) is 60.2 Å². The molecule has 0 aromatic carbocycles. The first-order chi connectivity index (χ1) is 13.1. The molecule has 1 saturated heterocycles. The van der Waals surface area contributed by atoms with Crippen LogP contribution in [0.25, 0.3) is 11.0 Å². The Morgan fingerprint density at radius 3 is 2.70 bits per heavy atom. The Kier molecular flexibility index (Phi) is 5.59. The van der Waals surface area contributed by atoms with Gasteiger partial charge in [0.05, 0.1) is 17.2 Å². The number of halogens is 1. The van der Waals surface area contributed by atoms with Crippen LogP contribution in [0.4, 0.5) is 5.69 Å². The summed E-state index contributed by atoms with van der Waals surface area (Å²) in [6.45, 7) is 5.55. The number of carbonyl (C=O) groups excluding carboxylic acids is 1. The normalized spacial score (nSPS) is 20.1. The largest absolute Gasteiger partial charge is 0.367 e. The van der Waals surface area contributed by atoms with Gasteiger partial charge in [-0.3, -0.25) is 19.7 Å². The Bertz CT molecular complexity index is 815. The van der Waals surface area contributed by atoms with Crippen LogP contribution in [0, 0.1) is 0 Å². The van der Waals surface area contributed by atoms with Gasteiger partial charge in [0, 0.05) is 49.1 Å². The number of anilines is 1. The van der Waals surface area contributed by atoms with Gasteiger partial charge in [-0.15, -0.1) is 0 Å². The van der Waals surface area contributed by atoms with Crippen molar-refractivity contribution in [1.29, 1.82) is 0 Å². The average Bonchev–Trinajstić information content (AvgIpc) is 3.20. The molecule has 2 aliphatic rings. The van der Waals surface area contributed by atoms with Gasteiger partial charge in [0.2, 0.25) is 5.91 Å². The summed E-state index contributed by atoms with van der Waals surface area (Å²) in [6, 6.07) is 4.35. The molecule has 144 valence electrons. The number of hydrogen-bond acceptors (Lipinski definition) is 5. The molecule has 1 aliphatic carbocycles. The smallest absolute Gasteiger partial charge is 0.237 e. The number of piperazine rings is 1. The van der Waals surface area contributed by atoms with Crippen molar-refractivity contribution in [3.05, 3.63) is 29.0 Å². The lowest BCUT2D eigenvalue weighted by molar-refractivity contribution is -0.126. The van der Waals surface area contributed by atoms with E-state index in [9.17, 15) is 4.79 Å². The molecule has 7 heteroatoms. The lowest BCUT2D eigenvalue weighted by Gasteiger charge is -2.38. The summed E-state index contributed by atoms with van der Waals surface area (Å²) >= 11 is 3.46. The maximum atomic E-state index is 12.6. The van der Waals surface area contributed by atoms with Crippen molar-refractivity contribution in [1.82, 2.24) is 20.2 Å². The van der Waals surface area contributed by atoms with Gasteiger partial charge in [0.15, 0.2) is 0 Å². The van der Waals surface area contributed by atoms with Crippen molar-refractivity contribution >= 4 is 38.6 Å². The van der Waals surface area contributed by atoms with E-state index in [0.29, 0.717) is 6.04 Å². The summed E-state index contributed by atoms with van der Waals surface area (Å²) in [4.78, 5) is 26.2. The molecule has 1 N–H and O–H groups in total. The predicted molar refractivity (Wildman–Crippen MR) is 111 cm³/mol. The number of nitrogens with one attached hydrogen (secondary N) is 1. The summed E-state index contributed by atoms with van der Waals surface area (Å²) in [7, 11) is 0. The zero-order valence-corrected chi connectivity index (χ0v) is 17.3. The summed E-state index contributed by atoms with van der Waals surface area (Å²) in [6.07, 6.45) is 8.40. The Hall–Kier alpha value is -1.73. The molecule has 0 bridgehead atoms. The molecular weight excluding hydrogens is 406 g/mol. The fraction of sp³-hybridized carbons (Fsp3) is 0.550. The Labute approximate surface area is 168 Å². The molecule has 1 aliphatic heterocycles. The highest BCUT2D eigenvalue weighted by Crippen LogP contribution is 2.26. The highest BCUT2D eigenvalue weighted by Gasteiger charge is 2.28. The molecular formula is C20H26BrN5O. The van der Waals surface area contributed by atoms with E-state index in [2.05, 4.69) is 41.0 Å². The zero-order valence-electron chi connectivity index (χ0n) is 15.7. The SMILES string of the molecule is CC(C(=O)NC1CCCC1)N1CCN(c2ccnc3cc(Br)cnc23)CC1. The van der Waals surface area contributed by atoms with Gasteiger partial charge in [-0.2, -0.15) is 0 Å². The monoisotopic (exact) mass is 431 g/mol. The molecule has 4 rings (SSSR count). The second-order valence-electron chi connectivity index (χ2n) is 7.54. The topological polar surface area (TPSA) is 61.4 Å². The van der Waals surface area contributed by atoms with Gasteiger partial charge in [0.25, 0.3) is 0 Å². The van der Waals surface area contributed by atoms with E-state index in [1.54, 1.807) is 0 Å². The number of carbonyl (C=O) groups is 1. The van der Waals surface area contributed by atoms with Gasteiger partial charge in [-0.1, -0.05) is 12.8 Å². The van der Waals surface area contributed by atoms with Crippen LogP contribution in [0.2, 0.25) is 0 Å². The zero-order chi connectivity index (χ0) is 18.8. The molecule has 27 heavy (non-hydrogen) atoms. The lowest BCUT2D eigenvalue weighted by atomic mass is 10.1. The van der Waals surface area contributed by atoms with Crippen molar-refractivity contribution in [3.8, 4) is 0 Å². The molecule has 1 unspecified atom stereocenters. The molecule has 2 fully saturated rings. The van der Waals surface area contributed by atoms with E-state index < -0.39 is 0 Å². The van der Waals surface area contributed by atoms with Gasteiger partial charge in [-0.25, -0.2) is 0 Å². The summed E-state index contributed by atoms with van der Waals surface area (Å²) in [5.41, 5.74) is 2.95. The third kappa shape index (κ3) is 4.09. The fourth-order valence-electron chi connectivity index (χ4n) is 4.15. The first-order valence-corrected chi connectivity index (χ1v) is 10.6. The third-order valence-electron chi connectivity index (χ3n) is 5.81. The minimum absolute atomic E-state index is 0.0731. The number of aromatic nitrogens is 2. The number of nitrogens with zero attached hydrogens (tertiary/aromatic N) is 4. The first-order valence-electron chi connectivity index (χ1n) is 9.81. The summed E-state index contributed by atoms with van der Waals surface area (Å²) in [5.74, 6) is 0.177. The number of amides is 1. The van der Waals surface area contributed by atoms with E-state index in [1.807, 2.05) is 31.5 Å². The number of hydrogen-bond donors (Lipinski definition) is 1. The predicted octanol–water partition coefficient (Wildman–Crippen LogP) is 2.96. The first kappa shape index (κ1) is 18.6. The molecule has 0 spiro atoms. The minimum atomic E-state index is -0.0731. The lowest BCUT2D eigenvalue weighted by Crippen LogP contribution is -2.55. The number of pyridine rings is 2. The maximum Gasteiger partial charge on any atom is 0.237 e. The van der Waals surface area contributed by atoms with E-state index >= 15 is 0 Å². The molecule has 3 heterocycles. The van der Waals surface area contributed by atoms with Gasteiger partial charge in [0.1, 0.15) is 5.52 Å². The van der Waals surface area contributed by atoms with Crippen LogP contribution in [0.3, 0.4) is 0 Å². The summed E-state index contributed by atoms with van der Waals surface area (Å²) in [5, 5.41) is 3.23. The third-order valence-corrected chi connectivity index (χ3v) is 6.24. The van der Waals surface area contributed by atoms with Crippen LogP contribution < -0.4 is 10.2 Å². The summed E-state index contributed by atoms with van der Waals surface area (Å²) < 4.78 is 0.937. The molecule has 6 nitrogen and oxygen atoms in total. The van der Waals surface area contributed by atoms with Crippen molar-refractivity contribution in [2.75, 3.05) is 31.1 Å². The molecule has 2 aromatic rings. The van der Waals surface area contributed by atoms with Crippen LogP contribution in [0.5, 0.6) is 0 Å². The van der Waals surface area contributed by atoms with Crippen LogP contribution in [0.15, 0.2) is 29.0 Å². The van der Waals surface area contributed by atoms with Crippen LogP contribution >= 0.6 is 15.9 Å². The molecule has 1 saturated carbocycles. The number of rotatable bonds is 4. The second-order valence-corrected chi connectivity index (χ2v) is 8.46. The quantitative estimate of drug-likeness (QED) is 0.805. The fourth-order valence-corrected chi connectivity index (χ4v) is 4.47. The maximum absolute atomic E-state index is 12.6. The highest BCUT2D eigenvalue weighted by atomic mass is 79.9. The number of fused-ring (bicyclic) bond motifs is 1. The van der Waals surface area contributed by atoms with Gasteiger partial charge < -0.3 is 10.2 Å². The van der Waals surface area contributed by atoms with Crippen molar-refractivity contribution < 1.29 is 4.79 Å². The minimum Gasteiger partial charge on any atom is -0.367 e. The van der Waals surface area contributed by atoms with Crippen LogP contribution in [-0.2, 0) is 4.79 Å². The van der Waals surface area contributed by atoms with E-state index in [-0.39, 0.29) is 11.9 Å². The van der Waals surface area contributed by atoms with Crippen molar-refractivity contribution in [2.45, 2.75) is 44.7 Å². The molecule has 2 aromatic heterocycles. The van der Waals surface area contributed by atoms with Gasteiger partial charge in [-0.05, 0) is 47.8 Å². The van der Waals surface area contributed by atoms with Crippen LogP contribution in [0.1, 0.15) is 32.6 Å². The Morgan fingerprint density at radius 1 is 1.22 bits per heavy atom. The van der Waals surface area contributed by atoms with Crippen molar-refractivity contribution in [2.24, 2.45) is 0 Å². The average molecular weight is 432 g/mol. The van der Waals surface area contributed by atoms with Gasteiger partial charge >= 0.3 is 0 Å².